The Labute approximate surface area is 188 Å². The predicted octanol–water partition coefficient (Wildman–Crippen LogP) is 5.85. The first-order valence-corrected chi connectivity index (χ1v) is 9.90. The van der Waals surface area contributed by atoms with Gasteiger partial charge in [-0.1, -0.05) is 36.4 Å². The average Bonchev–Trinajstić information content (AvgIpc) is 2.74. The number of carbonyl (C=O) groups excluding carboxylic acids is 1. The van der Waals surface area contributed by atoms with E-state index in [1.807, 2.05) is 37.3 Å². The number of benzene rings is 3. The molecule has 0 fully saturated rings. The number of ether oxygens (including phenoxy) is 2. The number of rotatable bonds is 6. The number of anilines is 1. The maximum absolute atomic E-state index is 12.3. The number of amides is 1. The van der Waals surface area contributed by atoms with Gasteiger partial charge in [0.25, 0.3) is 5.91 Å². The zero-order chi connectivity index (χ0) is 23.1. The third-order valence-corrected chi connectivity index (χ3v) is 4.46. The average molecular weight is 460 g/mol. The van der Waals surface area contributed by atoms with Crippen molar-refractivity contribution in [3.63, 3.8) is 0 Å². The van der Waals surface area contributed by atoms with Gasteiger partial charge in [0.1, 0.15) is 17.6 Å². The zero-order valence-corrected chi connectivity index (χ0v) is 17.7. The number of alkyl halides is 3. The van der Waals surface area contributed by atoms with Gasteiger partial charge in [0.2, 0.25) is 0 Å². The Hall–Kier alpha value is -3.59. The molecule has 166 valence electrons. The number of hydrogen-bond acceptors (Lipinski definition) is 4. The van der Waals surface area contributed by atoms with E-state index in [2.05, 4.69) is 15.4 Å². The summed E-state index contributed by atoms with van der Waals surface area (Å²) >= 11 is 5.16. The third kappa shape index (κ3) is 6.98. The molecule has 1 unspecified atom stereocenters. The molecule has 0 aliphatic carbocycles. The van der Waals surface area contributed by atoms with E-state index in [4.69, 9.17) is 17.0 Å². The van der Waals surface area contributed by atoms with E-state index < -0.39 is 18.0 Å². The highest BCUT2D eigenvalue weighted by atomic mass is 32.1. The number of carbonyl (C=O) groups is 1. The van der Waals surface area contributed by atoms with Crippen LogP contribution in [-0.4, -0.2) is 17.4 Å². The monoisotopic (exact) mass is 460 g/mol. The van der Waals surface area contributed by atoms with E-state index in [1.165, 1.54) is 12.1 Å². The molecule has 0 radical (unpaired) electrons. The first-order valence-electron chi connectivity index (χ1n) is 9.49. The van der Waals surface area contributed by atoms with Crippen LogP contribution in [0.1, 0.15) is 28.9 Å². The molecule has 3 rings (SSSR count). The highest BCUT2D eigenvalue weighted by Gasteiger charge is 2.31. The quantitative estimate of drug-likeness (QED) is 0.452. The van der Waals surface area contributed by atoms with Crippen LogP contribution in [0.25, 0.3) is 0 Å². The van der Waals surface area contributed by atoms with Crippen molar-refractivity contribution in [2.75, 3.05) is 5.32 Å². The summed E-state index contributed by atoms with van der Waals surface area (Å²) in [6, 6.07) is 21.3. The fourth-order valence-corrected chi connectivity index (χ4v) is 3.00. The van der Waals surface area contributed by atoms with Crippen LogP contribution in [0.3, 0.4) is 0 Å². The Bertz CT molecular complexity index is 1070. The lowest BCUT2D eigenvalue weighted by atomic mass is 10.1. The Morgan fingerprint density at radius 2 is 1.62 bits per heavy atom. The van der Waals surface area contributed by atoms with Gasteiger partial charge in [-0.25, -0.2) is 0 Å². The van der Waals surface area contributed by atoms with Crippen LogP contribution in [0.15, 0.2) is 78.9 Å². The smallest absolute Gasteiger partial charge is 0.486 e. The highest BCUT2D eigenvalue weighted by molar-refractivity contribution is 7.80. The summed E-state index contributed by atoms with van der Waals surface area (Å²) in [5, 5.41) is 5.39. The molecular weight excluding hydrogens is 441 g/mol. The summed E-state index contributed by atoms with van der Waals surface area (Å²) in [5.41, 5.74) is 1.75. The summed E-state index contributed by atoms with van der Waals surface area (Å²) in [5.74, 6) is -0.386. The van der Waals surface area contributed by atoms with E-state index in [-0.39, 0.29) is 16.8 Å². The van der Waals surface area contributed by atoms with Gasteiger partial charge in [-0.15, -0.1) is 13.2 Å². The first-order chi connectivity index (χ1) is 15.2. The van der Waals surface area contributed by atoms with E-state index in [1.54, 1.807) is 24.3 Å². The van der Waals surface area contributed by atoms with Crippen LogP contribution < -0.4 is 20.1 Å². The van der Waals surface area contributed by atoms with Crippen molar-refractivity contribution in [3.05, 3.63) is 90.0 Å². The lowest BCUT2D eigenvalue weighted by Gasteiger charge is -2.16. The summed E-state index contributed by atoms with van der Waals surface area (Å²) in [6.07, 6.45) is -4.96. The van der Waals surface area contributed by atoms with Crippen molar-refractivity contribution in [2.24, 2.45) is 0 Å². The van der Waals surface area contributed by atoms with Crippen LogP contribution in [-0.2, 0) is 0 Å². The van der Waals surface area contributed by atoms with Crippen molar-refractivity contribution in [1.29, 1.82) is 0 Å². The molecule has 0 bridgehead atoms. The SMILES string of the molecule is CC(Oc1cccc(NC(=S)NC(=O)c2ccc(OC(F)(F)F)cc2)c1)c1ccccc1. The van der Waals surface area contributed by atoms with Gasteiger partial charge in [-0.2, -0.15) is 0 Å². The second-order valence-electron chi connectivity index (χ2n) is 6.68. The molecule has 0 aromatic heterocycles. The summed E-state index contributed by atoms with van der Waals surface area (Å²) in [4.78, 5) is 12.3. The minimum atomic E-state index is -4.80. The van der Waals surface area contributed by atoms with E-state index in [0.717, 1.165) is 17.7 Å². The number of thiocarbonyl (C=S) groups is 1. The van der Waals surface area contributed by atoms with E-state index >= 15 is 0 Å². The number of nitrogens with one attached hydrogen (secondary N) is 2. The first kappa shape index (κ1) is 23.1. The fourth-order valence-electron chi connectivity index (χ4n) is 2.79. The van der Waals surface area contributed by atoms with Gasteiger partial charge in [0, 0.05) is 17.3 Å². The van der Waals surface area contributed by atoms with Crippen molar-refractivity contribution in [1.82, 2.24) is 5.32 Å². The molecular formula is C23H19F3N2O3S. The van der Waals surface area contributed by atoms with Crippen molar-refractivity contribution < 1.29 is 27.4 Å². The van der Waals surface area contributed by atoms with Gasteiger partial charge in [-0.3, -0.25) is 10.1 Å². The standard InChI is InChI=1S/C23H19F3N2O3S/c1-15(16-6-3-2-4-7-16)30-20-9-5-8-18(14-20)27-22(32)28-21(29)17-10-12-19(13-11-17)31-23(24,25)26/h2-15H,1H3,(H2,27,28,29,32). The molecule has 32 heavy (non-hydrogen) atoms. The lowest BCUT2D eigenvalue weighted by molar-refractivity contribution is -0.274. The van der Waals surface area contributed by atoms with Crippen molar-refractivity contribution in [3.8, 4) is 11.5 Å². The van der Waals surface area contributed by atoms with Gasteiger partial charge in [-0.05, 0) is 61.1 Å². The second-order valence-corrected chi connectivity index (χ2v) is 7.09. The fraction of sp³-hybridized carbons (Fsp3) is 0.130. The Balaban J connectivity index is 1.56. The van der Waals surface area contributed by atoms with Crippen LogP contribution in [0.5, 0.6) is 11.5 Å². The van der Waals surface area contributed by atoms with Crippen molar-refractivity contribution >= 4 is 28.9 Å². The molecule has 3 aromatic carbocycles. The van der Waals surface area contributed by atoms with E-state index in [0.29, 0.717) is 11.4 Å². The minimum absolute atomic E-state index is 0.0267. The third-order valence-electron chi connectivity index (χ3n) is 4.25. The Morgan fingerprint density at radius 3 is 2.28 bits per heavy atom. The Kier molecular flexibility index (Phi) is 7.32. The van der Waals surface area contributed by atoms with Crippen LogP contribution in [0.4, 0.5) is 18.9 Å². The molecule has 1 atom stereocenters. The molecule has 9 heteroatoms. The molecule has 0 aliphatic heterocycles. The lowest BCUT2D eigenvalue weighted by Crippen LogP contribution is -2.34. The molecule has 3 aromatic rings. The molecule has 0 aliphatic rings. The maximum Gasteiger partial charge on any atom is 0.573 e. The molecule has 0 spiro atoms. The highest BCUT2D eigenvalue weighted by Crippen LogP contribution is 2.25. The predicted molar refractivity (Wildman–Crippen MR) is 119 cm³/mol. The van der Waals surface area contributed by atoms with Crippen molar-refractivity contribution in [2.45, 2.75) is 19.4 Å². The summed E-state index contributed by atoms with van der Waals surface area (Å²) in [7, 11) is 0. The van der Waals surface area contributed by atoms with Gasteiger partial charge in [0.05, 0.1) is 0 Å². The molecule has 1 amide bonds. The van der Waals surface area contributed by atoms with Crippen LogP contribution in [0.2, 0.25) is 0 Å². The van der Waals surface area contributed by atoms with Gasteiger partial charge >= 0.3 is 6.36 Å². The molecule has 0 saturated carbocycles. The largest absolute Gasteiger partial charge is 0.573 e. The summed E-state index contributed by atoms with van der Waals surface area (Å²) in [6.45, 7) is 1.94. The van der Waals surface area contributed by atoms with Gasteiger partial charge in [0.15, 0.2) is 5.11 Å². The maximum atomic E-state index is 12.3. The number of halogens is 3. The summed E-state index contributed by atoms with van der Waals surface area (Å²) < 4.78 is 46.4. The number of hydrogen-bond donors (Lipinski definition) is 2. The van der Waals surface area contributed by atoms with E-state index in [9.17, 15) is 18.0 Å². The zero-order valence-electron chi connectivity index (χ0n) is 16.8. The van der Waals surface area contributed by atoms with Crippen LogP contribution in [0, 0.1) is 0 Å². The molecule has 2 N–H and O–H groups in total. The topological polar surface area (TPSA) is 59.6 Å². The normalized spacial score (nSPS) is 11.9. The minimum Gasteiger partial charge on any atom is -0.486 e. The second kappa shape index (κ2) is 10.1. The Morgan fingerprint density at radius 1 is 0.938 bits per heavy atom. The van der Waals surface area contributed by atoms with Crippen LogP contribution >= 0.6 is 12.2 Å². The van der Waals surface area contributed by atoms with Gasteiger partial charge < -0.3 is 14.8 Å². The molecule has 0 heterocycles. The molecule has 0 saturated heterocycles. The molecule has 5 nitrogen and oxygen atoms in total.